The maximum Gasteiger partial charge on any atom is 0.472 e. The Balaban J connectivity index is 5.26. The van der Waals surface area contributed by atoms with Gasteiger partial charge in [0, 0.05) is 25.7 Å². The molecule has 5 atom stereocenters. The van der Waals surface area contributed by atoms with Crippen molar-refractivity contribution in [3.05, 3.63) is 0 Å². The fourth-order valence-corrected chi connectivity index (χ4v) is 13.5. The molecule has 3 N–H and O–H groups in total. The molecule has 0 aromatic carbocycles. The number of aliphatic hydroxyl groups is 1. The lowest BCUT2D eigenvalue weighted by molar-refractivity contribution is -0.161. The molecule has 0 aromatic heterocycles. The van der Waals surface area contributed by atoms with Gasteiger partial charge >= 0.3 is 39.5 Å². The Hall–Kier alpha value is -1.94. The molecule has 0 fully saturated rings. The van der Waals surface area contributed by atoms with E-state index in [2.05, 4.69) is 34.6 Å². The summed E-state index contributed by atoms with van der Waals surface area (Å²) in [5.41, 5.74) is 0. The third-order valence-corrected chi connectivity index (χ3v) is 19.9. The van der Waals surface area contributed by atoms with Gasteiger partial charge in [0.05, 0.1) is 26.4 Å². The van der Waals surface area contributed by atoms with Crippen molar-refractivity contribution in [2.24, 2.45) is 5.92 Å². The number of carbonyl (C=O) groups excluding carboxylic acids is 4. The summed E-state index contributed by atoms with van der Waals surface area (Å²) < 4.78 is 68.6. The van der Waals surface area contributed by atoms with E-state index in [0.717, 1.165) is 95.8 Å². The normalized spacial score (nSPS) is 13.9. The SMILES string of the molecule is CCCCCCCCCCCCCCCCCCC(=O)O[C@H](COC(=O)CCCCCCCCCCCCCCC(C)C)COP(=O)(O)OC[C@@H](O)COP(=O)(O)OC[C@@H](COC(=O)CCCCCCCCCCCCC)OC(=O)CCCCCCCCCCCCCCCC. The number of aliphatic hydroxyl groups excluding tert-OH is 1. The third kappa shape index (κ3) is 70.5. The summed E-state index contributed by atoms with van der Waals surface area (Å²) >= 11 is 0. The fraction of sp³-hybridized carbons (Fsp3) is 0.948. The molecule has 0 spiro atoms. The Bertz CT molecular complexity index is 1840. The van der Waals surface area contributed by atoms with Crippen molar-refractivity contribution in [1.82, 2.24) is 0 Å². The zero-order valence-electron chi connectivity index (χ0n) is 62.5. The summed E-state index contributed by atoms with van der Waals surface area (Å²) in [6.45, 7) is 7.32. The maximum atomic E-state index is 13.1. The number of ether oxygens (including phenoxy) is 4. The Morgan fingerprint density at radius 3 is 0.708 bits per heavy atom. The quantitative estimate of drug-likeness (QED) is 0.0222. The van der Waals surface area contributed by atoms with Crippen LogP contribution in [0.5, 0.6) is 0 Å². The number of esters is 4. The molecule has 17 nitrogen and oxygen atoms in total. The summed E-state index contributed by atoms with van der Waals surface area (Å²) in [4.78, 5) is 72.9. The van der Waals surface area contributed by atoms with Gasteiger partial charge in [-0.25, -0.2) is 9.13 Å². The van der Waals surface area contributed by atoms with Crippen LogP contribution in [0.4, 0.5) is 0 Å². The van der Waals surface area contributed by atoms with E-state index >= 15 is 0 Å². The molecule has 0 radical (unpaired) electrons. The predicted octanol–water partition coefficient (Wildman–Crippen LogP) is 22.9. The molecule has 0 aromatic rings. The molecule has 0 aliphatic rings. The van der Waals surface area contributed by atoms with E-state index < -0.39 is 97.5 Å². The number of phosphoric acid groups is 2. The van der Waals surface area contributed by atoms with Gasteiger partial charge in [0.1, 0.15) is 19.3 Å². The average Bonchev–Trinajstić information content (AvgIpc) is 2.29. The van der Waals surface area contributed by atoms with Crippen LogP contribution in [0.25, 0.3) is 0 Å². The topological polar surface area (TPSA) is 237 Å². The van der Waals surface area contributed by atoms with Crippen LogP contribution in [0.1, 0.15) is 407 Å². The van der Waals surface area contributed by atoms with E-state index in [1.54, 1.807) is 0 Å². The van der Waals surface area contributed by atoms with Crippen LogP contribution >= 0.6 is 15.6 Å². The molecule has 0 aliphatic carbocycles. The Morgan fingerprint density at radius 2 is 0.479 bits per heavy atom. The molecule has 0 bridgehead atoms. The number of unbranched alkanes of at least 4 members (excludes halogenated alkanes) is 49. The van der Waals surface area contributed by atoms with Crippen molar-refractivity contribution in [1.29, 1.82) is 0 Å². The molecule has 0 saturated carbocycles. The van der Waals surface area contributed by atoms with E-state index in [-0.39, 0.29) is 25.7 Å². The highest BCUT2D eigenvalue weighted by Crippen LogP contribution is 2.45. The van der Waals surface area contributed by atoms with Gasteiger partial charge in [0.25, 0.3) is 0 Å². The number of carbonyl (C=O) groups is 4. The highest BCUT2D eigenvalue weighted by molar-refractivity contribution is 7.47. The van der Waals surface area contributed by atoms with Gasteiger partial charge in [-0.15, -0.1) is 0 Å². The minimum atomic E-state index is -4.96. The van der Waals surface area contributed by atoms with Crippen molar-refractivity contribution in [3.8, 4) is 0 Å². The first-order valence-corrected chi connectivity index (χ1v) is 43.1. The van der Waals surface area contributed by atoms with Gasteiger partial charge < -0.3 is 33.8 Å². The second-order valence-corrected chi connectivity index (χ2v) is 31.1. The monoisotopic (exact) mass is 1410 g/mol. The zero-order valence-corrected chi connectivity index (χ0v) is 64.3. The lowest BCUT2D eigenvalue weighted by Crippen LogP contribution is -2.30. The molecule has 0 heterocycles. The molecule has 0 amide bonds. The molecule has 2 unspecified atom stereocenters. The number of hydrogen-bond donors (Lipinski definition) is 3. The lowest BCUT2D eigenvalue weighted by Gasteiger charge is -2.21. The van der Waals surface area contributed by atoms with E-state index in [4.69, 9.17) is 37.0 Å². The summed E-state index contributed by atoms with van der Waals surface area (Å²) in [5.74, 6) is -1.33. The number of hydrogen-bond acceptors (Lipinski definition) is 15. The van der Waals surface area contributed by atoms with Crippen LogP contribution in [-0.4, -0.2) is 96.7 Å². The second-order valence-electron chi connectivity index (χ2n) is 28.2. The molecule has 0 rings (SSSR count). The molecule has 570 valence electrons. The van der Waals surface area contributed by atoms with Gasteiger partial charge in [-0.1, -0.05) is 356 Å². The van der Waals surface area contributed by atoms with E-state index in [9.17, 15) is 43.2 Å². The Kier molecular flexibility index (Phi) is 68.7. The molecule has 0 aliphatic heterocycles. The van der Waals surface area contributed by atoms with Crippen LogP contribution in [-0.2, 0) is 65.4 Å². The van der Waals surface area contributed by atoms with E-state index in [1.165, 1.54) is 231 Å². The van der Waals surface area contributed by atoms with Gasteiger partial charge in [-0.2, -0.15) is 0 Å². The molecule has 0 saturated heterocycles. The largest absolute Gasteiger partial charge is 0.472 e. The average molecular weight is 1410 g/mol. The summed E-state index contributed by atoms with van der Waals surface area (Å²) in [6.07, 6.45) is 59.4. The predicted molar refractivity (Wildman–Crippen MR) is 391 cm³/mol. The van der Waals surface area contributed by atoms with Gasteiger partial charge in [-0.05, 0) is 31.6 Å². The van der Waals surface area contributed by atoms with Crippen LogP contribution < -0.4 is 0 Å². The van der Waals surface area contributed by atoms with E-state index in [0.29, 0.717) is 25.7 Å². The van der Waals surface area contributed by atoms with Gasteiger partial charge in [0.2, 0.25) is 0 Å². The summed E-state index contributed by atoms with van der Waals surface area (Å²) in [5, 5.41) is 10.6. The second kappa shape index (κ2) is 70.1. The Morgan fingerprint density at radius 1 is 0.281 bits per heavy atom. The van der Waals surface area contributed by atoms with Crippen molar-refractivity contribution in [2.45, 2.75) is 425 Å². The van der Waals surface area contributed by atoms with Crippen molar-refractivity contribution >= 4 is 39.5 Å². The Labute approximate surface area is 588 Å². The minimum absolute atomic E-state index is 0.108. The third-order valence-electron chi connectivity index (χ3n) is 18.0. The number of phosphoric ester groups is 2. The smallest absolute Gasteiger partial charge is 0.462 e. The minimum Gasteiger partial charge on any atom is -0.462 e. The lowest BCUT2D eigenvalue weighted by atomic mass is 10.0. The fourth-order valence-electron chi connectivity index (χ4n) is 11.9. The summed E-state index contributed by atoms with van der Waals surface area (Å²) in [6, 6.07) is 0. The highest BCUT2D eigenvalue weighted by atomic mass is 31.2. The van der Waals surface area contributed by atoms with Crippen molar-refractivity contribution < 1.29 is 80.2 Å². The van der Waals surface area contributed by atoms with Crippen molar-refractivity contribution in [2.75, 3.05) is 39.6 Å². The zero-order chi connectivity index (χ0) is 70.5. The molecular weight excluding hydrogens is 1260 g/mol. The maximum absolute atomic E-state index is 13.1. The van der Waals surface area contributed by atoms with Crippen LogP contribution in [0.15, 0.2) is 0 Å². The summed E-state index contributed by atoms with van der Waals surface area (Å²) in [7, 11) is -9.91. The standard InChI is InChI=1S/C77H150O17P2/c1-6-9-12-15-18-21-24-26-28-29-31-38-43-48-53-58-63-77(82)94-73(67-88-75(80)61-56-51-46-41-36-33-32-35-39-44-49-54-59-70(4)5)69-92-96(85,86)90-65-71(78)64-89-95(83,84)91-68-72(66-87-74(79)60-55-50-45-40-34-23-20-17-14-11-8-3)93-76(81)62-57-52-47-42-37-30-27-25-22-19-16-13-10-7-2/h70-73,78H,6-69H2,1-5H3,(H,83,84)(H,85,86)/t71-,72+,73+/m0/s1. The first kappa shape index (κ1) is 94.1. The highest BCUT2D eigenvalue weighted by Gasteiger charge is 2.30. The molecule has 96 heavy (non-hydrogen) atoms. The van der Waals surface area contributed by atoms with Crippen LogP contribution in [0.2, 0.25) is 0 Å². The van der Waals surface area contributed by atoms with Gasteiger partial charge in [-0.3, -0.25) is 37.3 Å². The first-order valence-electron chi connectivity index (χ1n) is 40.1. The van der Waals surface area contributed by atoms with Crippen LogP contribution in [0.3, 0.4) is 0 Å². The van der Waals surface area contributed by atoms with Crippen LogP contribution in [0, 0.1) is 5.92 Å². The number of rotatable bonds is 77. The van der Waals surface area contributed by atoms with Gasteiger partial charge in [0.15, 0.2) is 12.2 Å². The van der Waals surface area contributed by atoms with Crippen molar-refractivity contribution in [3.63, 3.8) is 0 Å². The molecular formula is C77H150O17P2. The molecule has 19 heteroatoms. The first-order chi connectivity index (χ1) is 46.5. The van der Waals surface area contributed by atoms with E-state index in [1.807, 2.05) is 0 Å².